The molecule has 60 valence electrons. The van der Waals surface area contributed by atoms with E-state index in [0.717, 1.165) is 6.20 Å². The number of nitrogens with two attached hydrogens (primary N) is 1. The number of methoxy groups -OCH3 is 1. The molecule has 0 atom stereocenters. The van der Waals surface area contributed by atoms with Crippen LogP contribution in [0.15, 0.2) is 12.3 Å². The van der Waals surface area contributed by atoms with E-state index >= 15 is 0 Å². The first kappa shape index (κ1) is 7.94. The molecule has 11 heavy (non-hydrogen) atoms. The van der Waals surface area contributed by atoms with Crippen molar-refractivity contribution in [2.24, 2.45) is 5.73 Å². The SMILES string of the molecule is COc1ncc(F)cc1CN. The van der Waals surface area contributed by atoms with E-state index in [1.807, 2.05) is 0 Å². The maximum atomic E-state index is 12.5. The van der Waals surface area contributed by atoms with Crippen LogP contribution in [0.1, 0.15) is 5.56 Å². The van der Waals surface area contributed by atoms with Crippen LogP contribution in [-0.2, 0) is 6.54 Å². The van der Waals surface area contributed by atoms with Gasteiger partial charge in [0.1, 0.15) is 5.82 Å². The quantitative estimate of drug-likeness (QED) is 0.685. The minimum absolute atomic E-state index is 0.230. The maximum absolute atomic E-state index is 12.5. The number of aromatic nitrogens is 1. The molecule has 0 bridgehead atoms. The molecule has 1 rings (SSSR count). The zero-order valence-corrected chi connectivity index (χ0v) is 6.17. The fourth-order valence-electron chi connectivity index (χ4n) is 0.799. The van der Waals surface area contributed by atoms with Gasteiger partial charge in [-0.1, -0.05) is 0 Å². The van der Waals surface area contributed by atoms with Crippen molar-refractivity contribution in [2.75, 3.05) is 7.11 Å². The Kier molecular flexibility index (Phi) is 2.38. The first-order valence-electron chi connectivity index (χ1n) is 3.16. The largest absolute Gasteiger partial charge is 0.481 e. The van der Waals surface area contributed by atoms with E-state index in [1.165, 1.54) is 13.2 Å². The summed E-state index contributed by atoms with van der Waals surface area (Å²) in [6.45, 7) is 0.230. The summed E-state index contributed by atoms with van der Waals surface area (Å²) in [7, 11) is 1.47. The first-order chi connectivity index (χ1) is 5.27. The molecular formula is C7H9FN2O. The fraction of sp³-hybridized carbons (Fsp3) is 0.286. The van der Waals surface area contributed by atoms with Gasteiger partial charge in [-0.3, -0.25) is 0 Å². The summed E-state index contributed by atoms with van der Waals surface area (Å²) in [5.41, 5.74) is 5.88. The van der Waals surface area contributed by atoms with Gasteiger partial charge >= 0.3 is 0 Å². The van der Waals surface area contributed by atoms with Crippen LogP contribution in [0.4, 0.5) is 4.39 Å². The Bertz CT molecular complexity index is 252. The molecule has 0 radical (unpaired) electrons. The zero-order valence-electron chi connectivity index (χ0n) is 6.17. The average Bonchev–Trinajstić information content (AvgIpc) is 2.04. The molecule has 0 aromatic carbocycles. The van der Waals surface area contributed by atoms with E-state index in [2.05, 4.69) is 4.98 Å². The van der Waals surface area contributed by atoms with E-state index < -0.39 is 5.82 Å². The summed E-state index contributed by atoms with van der Waals surface area (Å²) in [5.74, 6) is -0.0137. The summed E-state index contributed by atoms with van der Waals surface area (Å²) in [4.78, 5) is 3.69. The Balaban J connectivity index is 3.06. The van der Waals surface area contributed by atoms with Crippen molar-refractivity contribution < 1.29 is 9.13 Å². The van der Waals surface area contributed by atoms with Crippen LogP contribution >= 0.6 is 0 Å². The maximum Gasteiger partial charge on any atom is 0.217 e. The number of hydrogen-bond donors (Lipinski definition) is 1. The molecule has 4 heteroatoms. The third kappa shape index (κ3) is 1.65. The highest BCUT2D eigenvalue weighted by Gasteiger charge is 2.02. The third-order valence-electron chi connectivity index (χ3n) is 1.31. The molecule has 0 spiro atoms. The molecule has 0 aliphatic rings. The molecule has 3 nitrogen and oxygen atoms in total. The molecule has 0 unspecified atom stereocenters. The van der Waals surface area contributed by atoms with Crippen molar-refractivity contribution in [2.45, 2.75) is 6.54 Å². The Morgan fingerprint density at radius 1 is 1.73 bits per heavy atom. The number of pyridine rings is 1. The molecular weight excluding hydrogens is 147 g/mol. The Hall–Kier alpha value is -1.16. The molecule has 0 saturated carbocycles. The van der Waals surface area contributed by atoms with Crippen LogP contribution in [0.25, 0.3) is 0 Å². The minimum Gasteiger partial charge on any atom is -0.481 e. The molecule has 0 aliphatic heterocycles. The van der Waals surface area contributed by atoms with Gasteiger partial charge in [0.05, 0.1) is 13.3 Å². The Morgan fingerprint density at radius 3 is 3.00 bits per heavy atom. The normalized spacial score (nSPS) is 9.73. The van der Waals surface area contributed by atoms with Gasteiger partial charge in [-0.15, -0.1) is 0 Å². The van der Waals surface area contributed by atoms with E-state index in [-0.39, 0.29) is 6.54 Å². The summed E-state index contributed by atoms with van der Waals surface area (Å²) >= 11 is 0. The van der Waals surface area contributed by atoms with Crippen LogP contribution < -0.4 is 10.5 Å². The number of rotatable bonds is 2. The van der Waals surface area contributed by atoms with Crippen LogP contribution in [-0.4, -0.2) is 12.1 Å². The van der Waals surface area contributed by atoms with Crippen LogP contribution in [0.3, 0.4) is 0 Å². The molecule has 0 aliphatic carbocycles. The number of hydrogen-bond acceptors (Lipinski definition) is 3. The second-order valence-corrected chi connectivity index (χ2v) is 2.03. The average molecular weight is 156 g/mol. The molecule has 1 heterocycles. The highest BCUT2D eigenvalue weighted by atomic mass is 19.1. The highest BCUT2D eigenvalue weighted by Crippen LogP contribution is 2.13. The summed E-state index contributed by atoms with van der Waals surface area (Å²) in [6.07, 6.45) is 1.10. The van der Waals surface area contributed by atoms with Crippen molar-refractivity contribution in [3.05, 3.63) is 23.6 Å². The Morgan fingerprint density at radius 2 is 2.45 bits per heavy atom. The van der Waals surface area contributed by atoms with E-state index in [4.69, 9.17) is 10.5 Å². The van der Waals surface area contributed by atoms with Gasteiger partial charge < -0.3 is 10.5 Å². The minimum atomic E-state index is -0.397. The van der Waals surface area contributed by atoms with Gasteiger partial charge in [0.15, 0.2) is 0 Å². The molecule has 2 N–H and O–H groups in total. The van der Waals surface area contributed by atoms with E-state index in [9.17, 15) is 4.39 Å². The van der Waals surface area contributed by atoms with Gasteiger partial charge in [0.25, 0.3) is 0 Å². The lowest BCUT2D eigenvalue weighted by atomic mass is 10.3. The topological polar surface area (TPSA) is 48.1 Å². The first-order valence-corrected chi connectivity index (χ1v) is 3.16. The second-order valence-electron chi connectivity index (χ2n) is 2.03. The molecule has 0 saturated heterocycles. The Labute approximate surface area is 64.0 Å². The van der Waals surface area contributed by atoms with Gasteiger partial charge in [-0.25, -0.2) is 9.37 Å². The molecule has 1 aromatic rings. The molecule has 0 amide bonds. The van der Waals surface area contributed by atoms with Crippen molar-refractivity contribution in [3.8, 4) is 5.88 Å². The van der Waals surface area contributed by atoms with Crippen LogP contribution in [0.2, 0.25) is 0 Å². The van der Waals surface area contributed by atoms with E-state index in [0.29, 0.717) is 11.4 Å². The second kappa shape index (κ2) is 3.30. The highest BCUT2D eigenvalue weighted by molar-refractivity contribution is 5.25. The predicted octanol–water partition coefficient (Wildman–Crippen LogP) is 0.688. The lowest BCUT2D eigenvalue weighted by Gasteiger charge is -2.03. The standard InChI is InChI=1S/C7H9FN2O/c1-11-7-5(3-9)2-6(8)4-10-7/h2,4H,3,9H2,1H3. The predicted molar refractivity (Wildman–Crippen MR) is 38.6 cm³/mol. The lowest BCUT2D eigenvalue weighted by Crippen LogP contribution is -2.02. The number of ether oxygens (including phenoxy) is 1. The van der Waals surface area contributed by atoms with Gasteiger partial charge in [0.2, 0.25) is 5.88 Å². The van der Waals surface area contributed by atoms with Crippen LogP contribution in [0.5, 0.6) is 5.88 Å². The lowest BCUT2D eigenvalue weighted by molar-refractivity contribution is 0.390. The third-order valence-corrected chi connectivity index (χ3v) is 1.31. The van der Waals surface area contributed by atoms with Crippen molar-refractivity contribution in [3.63, 3.8) is 0 Å². The summed E-state index contributed by atoms with van der Waals surface area (Å²) in [6, 6.07) is 1.31. The fourth-order valence-corrected chi connectivity index (χ4v) is 0.799. The van der Waals surface area contributed by atoms with Crippen molar-refractivity contribution >= 4 is 0 Å². The van der Waals surface area contributed by atoms with Gasteiger partial charge in [0, 0.05) is 12.1 Å². The van der Waals surface area contributed by atoms with Gasteiger partial charge in [-0.2, -0.15) is 0 Å². The zero-order chi connectivity index (χ0) is 8.27. The number of halogens is 1. The monoisotopic (exact) mass is 156 g/mol. The molecule has 1 aromatic heterocycles. The molecule has 0 fully saturated rings. The summed E-state index contributed by atoms with van der Waals surface area (Å²) < 4.78 is 17.3. The smallest absolute Gasteiger partial charge is 0.217 e. The summed E-state index contributed by atoms with van der Waals surface area (Å²) in [5, 5.41) is 0. The van der Waals surface area contributed by atoms with Gasteiger partial charge in [-0.05, 0) is 6.07 Å². The van der Waals surface area contributed by atoms with Crippen molar-refractivity contribution in [1.82, 2.24) is 4.98 Å². The van der Waals surface area contributed by atoms with Crippen molar-refractivity contribution in [1.29, 1.82) is 0 Å². The number of nitrogens with zero attached hydrogens (tertiary/aromatic N) is 1. The van der Waals surface area contributed by atoms with Crippen LogP contribution in [0, 0.1) is 5.82 Å². The van der Waals surface area contributed by atoms with E-state index in [1.54, 1.807) is 0 Å².